The summed E-state index contributed by atoms with van der Waals surface area (Å²) in [6.45, 7) is 1.23. The lowest BCUT2D eigenvalue weighted by Gasteiger charge is -2.17. The van der Waals surface area contributed by atoms with Crippen LogP contribution < -0.4 is 10.5 Å². The molecule has 0 unspecified atom stereocenters. The van der Waals surface area contributed by atoms with Gasteiger partial charge >= 0.3 is 0 Å². The van der Waals surface area contributed by atoms with Gasteiger partial charge in [-0.25, -0.2) is 0 Å². The van der Waals surface area contributed by atoms with E-state index in [0.717, 1.165) is 0 Å². The molecule has 0 radical (unpaired) electrons. The van der Waals surface area contributed by atoms with Gasteiger partial charge in [0.15, 0.2) is 0 Å². The first kappa shape index (κ1) is 5.89. The molecule has 2 rings (SSSR count). The molecular formula is C6H14N2Si. The van der Waals surface area contributed by atoms with Crippen molar-refractivity contribution in [1.29, 1.82) is 0 Å². The van der Waals surface area contributed by atoms with Crippen LogP contribution in [0.15, 0.2) is 0 Å². The van der Waals surface area contributed by atoms with Crippen LogP contribution in [0.2, 0.25) is 18.1 Å². The molecule has 0 aromatic heterocycles. The maximum Gasteiger partial charge on any atom is 0.143 e. The Bertz CT molecular complexity index is 86.1. The summed E-state index contributed by atoms with van der Waals surface area (Å²) in [7, 11) is -0.830. The van der Waals surface area contributed by atoms with E-state index in [4.69, 9.17) is 0 Å². The molecule has 0 bridgehead atoms. The monoisotopic (exact) mass is 142 g/mol. The largest absolute Gasteiger partial charge is 0.278 e. The van der Waals surface area contributed by atoms with E-state index < -0.39 is 8.24 Å². The molecule has 2 fully saturated rings. The summed E-state index contributed by atoms with van der Waals surface area (Å²) in [6, 6.07) is 4.53. The van der Waals surface area contributed by atoms with Crippen molar-refractivity contribution in [3.8, 4) is 0 Å². The standard InChI is InChI=1S/C6H14N2Si/c1-2-5-9(4-1)6-3-7-8-9/h7-8H,1-6H2. The number of hydrogen-bond donors (Lipinski definition) is 2. The summed E-state index contributed by atoms with van der Waals surface area (Å²) in [5, 5.41) is 3.52. The first-order valence-electron chi connectivity index (χ1n) is 3.91. The van der Waals surface area contributed by atoms with Gasteiger partial charge in [0.25, 0.3) is 0 Å². The lowest BCUT2D eigenvalue weighted by Crippen LogP contribution is -2.45. The second-order valence-electron chi connectivity index (χ2n) is 3.29. The van der Waals surface area contributed by atoms with Crippen LogP contribution >= 0.6 is 0 Å². The average molecular weight is 142 g/mol. The minimum Gasteiger partial charge on any atom is -0.278 e. The average Bonchev–Trinajstić information content (AvgIpc) is 2.45. The molecule has 0 atom stereocenters. The Balaban J connectivity index is 2.04. The summed E-state index contributed by atoms with van der Waals surface area (Å²) >= 11 is 0. The predicted octanol–water partition coefficient (Wildman–Crippen LogP) is 0.833. The maximum absolute atomic E-state index is 3.52. The van der Waals surface area contributed by atoms with Crippen molar-refractivity contribution in [2.24, 2.45) is 0 Å². The third kappa shape index (κ3) is 0.932. The summed E-state index contributed by atoms with van der Waals surface area (Å²) in [5.74, 6) is 0. The Morgan fingerprint density at radius 3 is 2.33 bits per heavy atom. The van der Waals surface area contributed by atoms with E-state index in [9.17, 15) is 0 Å². The van der Waals surface area contributed by atoms with Gasteiger partial charge in [-0.15, -0.1) is 0 Å². The van der Waals surface area contributed by atoms with E-state index >= 15 is 0 Å². The number of hydrazine groups is 1. The van der Waals surface area contributed by atoms with Crippen LogP contribution in [-0.2, 0) is 0 Å². The van der Waals surface area contributed by atoms with Crippen LogP contribution in [0.5, 0.6) is 0 Å². The lowest BCUT2D eigenvalue weighted by molar-refractivity contribution is 0.748. The summed E-state index contributed by atoms with van der Waals surface area (Å²) in [4.78, 5) is 0. The van der Waals surface area contributed by atoms with Crippen LogP contribution in [0, 0.1) is 0 Å². The third-order valence-corrected chi connectivity index (χ3v) is 7.18. The van der Waals surface area contributed by atoms with Gasteiger partial charge in [-0.1, -0.05) is 12.8 Å². The molecule has 0 aromatic carbocycles. The normalized spacial score (nSPS) is 32.0. The van der Waals surface area contributed by atoms with Gasteiger partial charge in [0, 0.05) is 6.54 Å². The van der Waals surface area contributed by atoms with Crippen molar-refractivity contribution >= 4 is 8.24 Å². The molecule has 2 aliphatic rings. The van der Waals surface area contributed by atoms with E-state index in [-0.39, 0.29) is 0 Å². The summed E-state index contributed by atoms with van der Waals surface area (Å²) in [6.07, 6.45) is 2.97. The van der Waals surface area contributed by atoms with Crippen LogP contribution in [0.1, 0.15) is 12.8 Å². The highest BCUT2D eigenvalue weighted by atomic mass is 28.3. The Morgan fingerprint density at radius 2 is 1.78 bits per heavy atom. The number of rotatable bonds is 0. The second-order valence-corrected chi connectivity index (χ2v) is 7.60. The molecule has 2 nitrogen and oxygen atoms in total. The highest BCUT2D eigenvalue weighted by molar-refractivity contribution is 6.78. The molecule has 0 saturated carbocycles. The molecule has 2 saturated heterocycles. The SMILES string of the molecule is C1CC[Si]2(C1)CCNN2. The zero-order chi connectivity index (χ0) is 6.16. The molecule has 52 valence electrons. The second kappa shape index (κ2) is 2.07. The topological polar surface area (TPSA) is 24.1 Å². The Labute approximate surface area is 57.1 Å². The zero-order valence-corrected chi connectivity index (χ0v) is 6.74. The van der Waals surface area contributed by atoms with Crippen LogP contribution in [-0.4, -0.2) is 14.8 Å². The highest BCUT2D eigenvalue weighted by Gasteiger charge is 2.38. The summed E-state index contributed by atoms with van der Waals surface area (Å²) < 4.78 is 0. The van der Waals surface area contributed by atoms with Crippen molar-refractivity contribution in [2.75, 3.05) is 6.54 Å². The van der Waals surface area contributed by atoms with Crippen LogP contribution in [0.3, 0.4) is 0 Å². The fourth-order valence-electron chi connectivity index (χ4n) is 2.04. The van der Waals surface area contributed by atoms with E-state index in [2.05, 4.69) is 10.5 Å². The molecule has 0 aromatic rings. The molecule has 2 aliphatic heterocycles. The smallest absolute Gasteiger partial charge is 0.143 e. The van der Waals surface area contributed by atoms with Crippen molar-refractivity contribution in [1.82, 2.24) is 10.5 Å². The van der Waals surface area contributed by atoms with E-state index in [1.54, 1.807) is 0 Å². The molecular weight excluding hydrogens is 128 g/mol. The van der Waals surface area contributed by atoms with Gasteiger partial charge < -0.3 is 0 Å². The minimum atomic E-state index is -0.830. The van der Waals surface area contributed by atoms with Gasteiger partial charge in [-0.05, 0) is 18.1 Å². The molecule has 2 N–H and O–H groups in total. The Hall–Kier alpha value is 0.137. The van der Waals surface area contributed by atoms with E-state index in [1.807, 2.05) is 0 Å². The first-order valence-corrected chi connectivity index (χ1v) is 6.54. The summed E-state index contributed by atoms with van der Waals surface area (Å²) in [5.41, 5.74) is 3.27. The zero-order valence-electron chi connectivity index (χ0n) is 5.74. The van der Waals surface area contributed by atoms with E-state index in [0.29, 0.717) is 0 Å². The third-order valence-electron chi connectivity index (χ3n) is 2.64. The molecule has 1 spiro atoms. The van der Waals surface area contributed by atoms with Crippen LogP contribution in [0.4, 0.5) is 0 Å². The predicted molar refractivity (Wildman–Crippen MR) is 40.5 cm³/mol. The van der Waals surface area contributed by atoms with Crippen LogP contribution in [0.25, 0.3) is 0 Å². The molecule has 3 heteroatoms. The quantitative estimate of drug-likeness (QED) is 0.490. The van der Waals surface area contributed by atoms with Gasteiger partial charge in [0.05, 0.1) is 0 Å². The first-order chi connectivity index (χ1) is 4.41. The number of nitrogens with one attached hydrogen (secondary N) is 2. The number of hydrogen-bond acceptors (Lipinski definition) is 2. The Morgan fingerprint density at radius 1 is 1.00 bits per heavy atom. The molecule has 2 heterocycles. The van der Waals surface area contributed by atoms with Crippen molar-refractivity contribution in [3.05, 3.63) is 0 Å². The van der Waals surface area contributed by atoms with Crippen molar-refractivity contribution in [3.63, 3.8) is 0 Å². The van der Waals surface area contributed by atoms with Gasteiger partial charge in [0.2, 0.25) is 0 Å². The minimum absolute atomic E-state index is 0.830. The van der Waals surface area contributed by atoms with Gasteiger partial charge in [0.1, 0.15) is 8.24 Å². The molecule has 9 heavy (non-hydrogen) atoms. The fraction of sp³-hybridized carbons (Fsp3) is 1.00. The van der Waals surface area contributed by atoms with Gasteiger partial charge in [-0.2, -0.15) is 0 Å². The molecule has 0 aliphatic carbocycles. The van der Waals surface area contributed by atoms with Crippen molar-refractivity contribution in [2.45, 2.75) is 31.0 Å². The molecule has 0 amide bonds. The Kier molecular flexibility index (Phi) is 1.36. The van der Waals surface area contributed by atoms with Gasteiger partial charge in [-0.3, -0.25) is 10.5 Å². The van der Waals surface area contributed by atoms with E-state index in [1.165, 1.54) is 37.5 Å². The van der Waals surface area contributed by atoms with Crippen molar-refractivity contribution < 1.29 is 0 Å². The lowest BCUT2D eigenvalue weighted by atomic mass is 10.4. The fourth-order valence-corrected chi connectivity index (χ4v) is 6.12. The highest BCUT2D eigenvalue weighted by Crippen LogP contribution is 2.31. The maximum atomic E-state index is 3.52.